The molecule has 2 aliphatic rings. The van der Waals surface area contributed by atoms with E-state index in [0.717, 1.165) is 66.9 Å². The van der Waals surface area contributed by atoms with Gasteiger partial charge in [-0.2, -0.15) is 0 Å². The molecule has 10 nitrogen and oxygen atoms in total. The van der Waals surface area contributed by atoms with Crippen LogP contribution >= 0.6 is 0 Å². The molecule has 0 aliphatic carbocycles. The van der Waals surface area contributed by atoms with Gasteiger partial charge in [-0.3, -0.25) is 9.59 Å². The van der Waals surface area contributed by atoms with Gasteiger partial charge in [-0.05, 0) is 49.7 Å². The lowest BCUT2D eigenvalue weighted by molar-refractivity contribution is 0.280. The van der Waals surface area contributed by atoms with Crippen molar-refractivity contribution in [2.75, 3.05) is 47.4 Å². The van der Waals surface area contributed by atoms with Crippen molar-refractivity contribution in [3.8, 4) is 39.9 Å². The van der Waals surface area contributed by atoms with Crippen molar-refractivity contribution in [3.63, 3.8) is 0 Å². The van der Waals surface area contributed by atoms with E-state index >= 15 is 0 Å². The van der Waals surface area contributed by atoms with Crippen molar-refractivity contribution in [1.82, 2.24) is 9.80 Å². The highest BCUT2D eigenvalue weighted by Gasteiger charge is 2.24. The maximum absolute atomic E-state index is 13.0. The normalized spacial score (nSPS) is 15.0. The number of fused-ring (bicyclic) bond motifs is 2. The van der Waals surface area contributed by atoms with Crippen LogP contribution in [0.2, 0.25) is 0 Å². The number of rotatable bonds is 6. The van der Waals surface area contributed by atoms with E-state index in [-0.39, 0.29) is 39.9 Å². The number of aliphatic hydroxyl groups excluding tert-OH is 1. The number of aromatic hydroxyl groups is 2. The van der Waals surface area contributed by atoms with Gasteiger partial charge in [-0.1, -0.05) is 72.8 Å². The first-order chi connectivity index (χ1) is 26.2. The van der Waals surface area contributed by atoms with Crippen molar-refractivity contribution in [3.05, 3.63) is 134 Å². The number of phenolic OH excluding ortho intramolecular Hbond substituents is 2. The molecule has 0 saturated carbocycles. The van der Waals surface area contributed by atoms with Crippen LogP contribution in [0.1, 0.15) is 29.5 Å². The first-order valence-corrected chi connectivity index (χ1v) is 17.8. The minimum absolute atomic E-state index is 0.0841. The number of aliphatic hydroxyl groups is 1. The number of methoxy groups -OCH3 is 1. The molecule has 54 heavy (non-hydrogen) atoms. The molecule has 8 rings (SSSR count). The molecule has 0 fully saturated rings. The van der Waals surface area contributed by atoms with Gasteiger partial charge in [0.2, 0.25) is 0 Å². The van der Waals surface area contributed by atoms with Gasteiger partial charge in [0.1, 0.15) is 45.1 Å². The molecule has 4 aromatic carbocycles. The largest absolute Gasteiger partial charge is 0.507 e. The average Bonchev–Trinajstić information content (AvgIpc) is 3.19. The van der Waals surface area contributed by atoms with E-state index in [1.54, 1.807) is 6.07 Å². The van der Waals surface area contributed by atoms with Crippen molar-refractivity contribution in [1.29, 1.82) is 0 Å². The van der Waals surface area contributed by atoms with Crippen molar-refractivity contribution in [2.45, 2.75) is 19.4 Å². The first-order valence-electron chi connectivity index (χ1n) is 17.8. The maximum Gasteiger partial charge on any atom is 0.197 e. The SMILES string of the molecule is CN1CC=C(c2c(O)cc(O)c3c(=O)cc(-c4ccccc4)oc23)CC1.COc1cc(CO)c(C2=CCN(C)CC2)c2oc(-c3ccccc3)cc(=O)c12. The predicted octanol–water partition coefficient (Wildman–Crippen LogP) is 7.27. The van der Waals surface area contributed by atoms with Crippen molar-refractivity contribution < 1.29 is 28.9 Å². The molecule has 2 aliphatic heterocycles. The lowest BCUT2D eigenvalue weighted by Crippen LogP contribution is -2.24. The fourth-order valence-electron chi connectivity index (χ4n) is 7.09. The van der Waals surface area contributed by atoms with E-state index in [4.69, 9.17) is 13.6 Å². The molecule has 0 radical (unpaired) electrons. The Hall–Kier alpha value is -5.94. The number of likely N-dealkylation sites (N-methyl/N-ethyl adjacent to an activating group) is 2. The van der Waals surface area contributed by atoms with Crippen LogP contribution in [0.3, 0.4) is 0 Å². The number of phenols is 2. The molecule has 6 aromatic rings. The molecule has 10 heteroatoms. The summed E-state index contributed by atoms with van der Waals surface area (Å²) in [7, 11) is 5.62. The van der Waals surface area contributed by atoms with E-state index in [1.165, 1.54) is 25.3 Å². The Labute approximate surface area is 312 Å². The summed E-state index contributed by atoms with van der Waals surface area (Å²) in [6, 6.07) is 24.7. The number of benzene rings is 4. The fraction of sp³-hybridized carbons (Fsp3) is 0.227. The fourth-order valence-corrected chi connectivity index (χ4v) is 7.09. The van der Waals surface area contributed by atoms with Crippen LogP contribution in [0.4, 0.5) is 0 Å². The highest BCUT2D eigenvalue weighted by molar-refractivity contribution is 5.97. The number of hydrogen-bond acceptors (Lipinski definition) is 10. The quantitative estimate of drug-likeness (QED) is 0.161. The minimum atomic E-state index is -0.336. The number of ether oxygens (including phenoxy) is 1. The van der Waals surface area contributed by atoms with Crippen LogP contribution in [0, 0.1) is 0 Å². The van der Waals surface area contributed by atoms with E-state index in [0.29, 0.717) is 39.4 Å². The van der Waals surface area contributed by atoms with Crippen LogP contribution in [0.15, 0.2) is 116 Å². The second kappa shape index (κ2) is 15.6. The summed E-state index contributed by atoms with van der Waals surface area (Å²) in [4.78, 5) is 30.1. The Morgan fingerprint density at radius 1 is 0.667 bits per heavy atom. The highest BCUT2D eigenvalue weighted by atomic mass is 16.5. The zero-order valence-electron chi connectivity index (χ0n) is 30.5. The van der Waals surface area contributed by atoms with Gasteiger partial charge in [0.15, 0.2) is 16.4 Å². The van der Waals surface area contributed by atoms with Crippen LogP contribution in [0.5, 0.6) is 17.2 Å². The third kappa shape index (κ3) is 7.19. The Kier molecular flexibility index (Phi) is 10.5. The van der Waals surface area contributed by atoms with Gasteiger partial charge in [0, 0.05) is 61.1 Å². The summed E-state index contributed by atoms with van der Waals surface area (Å²) in [5.74, 6) is 0.972. The lowest BCUT2D eigenvalue weighted by atomic mass is 9.92. The molecule has 0 atom stereocenters. The van der Waals surface area contributed by atoms with Crippen LogP contribution in [-0.2, 0) is 6.61 Å². The number of hydrogen-bond donors (Lipinski definition) is 3. The lowest BCUT2D eigenvalue weighted by Gasteiger charge is -2.24. The smallest absolute Gasteiger partial charge is 0.197 e. The molecule has 0 saturated heterocycles. The molecule has 4 heterocycles. The Balaban J connectivity index is 0.000000167. The Bertz CT molecular complexity index is 2520. The van der Waals surface area contributed by atoms with Gasteiger partial charge in [0.05, 0.1) is 19.3 Å². The van der Waals surface area contributed by atoms with Gasteiger partial charge in [0.25, 0.3) is 0 Å². The van der Waals surface area contributed by atoms with E-state index in [2.05, 4.69) is 22.9 Å². The second-order valence-electron chi connectivity index (χ2n) is 13.6. The standard InChI is InChI=1S/C23H23NO4.C21H19NO4/c1-24-10-8-16(9-11-24)21-17(14-25)12-20(27-2)22-18(26)13-19(28-23(21)22)15-6-4-3-5-7-15;1-22-9-7-14(8-10-22)19-15(23)11-16(24)20-17(25)12-18(26-21(19)20)13-5-3-2-4-6-13/h3-8,12-13,25H,9-11,14H2,1-2H3;2-7,11-12,23-24H,8-10H2,1H3. The van der Waals surface area contributed by atoms with E-state index < -0.39 is 0 Å². The third-order valence-corrected chi connectivity index (χ3v) is 9.98. The van der Waals surface area contributed by atoms with Crippen LogP contribution in [0.25, 0.3) is 55.7 Å². The third-order valence-electron chi connectivity index (χ3n) is 9.98. The average molecular weight is 727 g/mol. The Morgan fingerprint density at radius 2 is 1.17 bits per heavy atom. The van der Waals surface area contributed by atoms with E-state index in [9.17, 15) is 24.9 Å². The summed E-state index contributed by atoms with van der Waals surface area (Å²) in [5, 5.41) is 31.2. The van der Waals surface area contributed by atoms with Crippen molar-refractivity contribution in [2.24, 2.45) is 0 Å². The number of nitrogens with zero attached hydrogens (tertiary/aromatic N) is 2. The summed E-state index contributed by atoms with van der Waals surface area (Å²) < 4.78 is 17.8. The molecular weight excluding hydrogens is 684 g/mol. The molecule has 0 bridgehead atoms. The highest BCUT2D eigenvalue weighted by Crippen LogP contribution is 2.41. The summed E-state index contributed by atoms with van der Waals surface area (Å²) in [5.41, 5.74) is 5.80. The zero-order chi connectivity index (χ0) is 37.9. The van der Waals surface area contributed by atoms with Crippen molar-refractivity contribution >= 4 is 33.1 Å². The molecule has 0 unspecified atom stereocenters. The maximum atomic E-state index is 13.0. The zero-order valence-corrected chi connectivity index (χ0v) is 30.5. The topological polar surface area (TPSA) is 137 Å². The predicted molar refractivity (Wildman–Crippen MR) is 212 cm³/mol. The second-order valence-corrected chi connectivity index (χ2v) is 13.6. The molecule has 276 valence electrons. The summed E-state index contributed by atoms with van der Waals surface area (Å²) in [6.07, 6.45) is 5.71. The minimum Gasteiger partial charge on any atom is -0.507 e. The van der Waals surface area contributed by atoms with E-state index in [1.807, 2.05) is 73.8 Å². The first kappa shape index (κ1) is 36.4. The van der Waals surface area contributed by atoms with Gasteiger partial charge in [-0.25, -0.2) is 0 Å². The molecule has 2 aromatic heterocycles. The molecule has 3 N–H and O–H groups in total. The molecule has 0 amide bonds. The summed E-state index contributed by atoms with van der Waals surface area (Å²) >= 11 is 0. The molecule has 0 spiro atoms. The van der Waals surface area contributed by atoms with Crippen LogP contribution < -0.4 is 15.6 Å². The monoisotopic (exact) mass is 726 g/mol. The van der Waals surface area contributed by atoms with Gasteiger partial charge < -0.3 is 38.7 Å². The molecular formula is C44H42N2O8. The van der Waals surface area contributed by atoms with Gasteiger partial charge in [-0.15, -0.1) is 0 Å². The van der Waals surface area contributed by atoms with Crippen LogP contribution in [-0.4, -0.2) is 72.5 Å². The Morgan fingerprint density at radius 3 is 1.65 bits per heavy atom. The summed E-state index contributed by atoms with van der Waals surface area (Å²) in [6.45, 7) is 3.16. The van der Waals surface area contributed by atoms with Gasteiger partial charge >= 0.3 is 0 Å².